The van der Waals surface area contributed by atoms with E-state index in [1.54, 1.807) is 18.3 Å². The Morgan fingerprint density at radius 3 is 2.46 bits per heavy atom. The summed E-state index contributed by atoms with van der Waals surface area (Å²) in [6, 6.07) is 3.27. The van der Waals surface area contributed by atoms with Gasteiger partial charge in [-0.1, -0.05) is 6.07 Å². The van der Waals surface area contributed by atoms with Gasteiger partial charge in [-0.05, 0) is 11.6 Å². The Bertz CT molecular complexity index is 285. The number of pyridine rings is 1. The second kappa shape index (κ2) is 7.57. The van der Waals surface area contributed by atoms with Crippen LogP contribution in [0, 0.1) is 0 Å². The van der Waals surface area contributed by atoms with Gasteiger partial charge < -0.3 is 12.6 Å². The molecule has 0 aliphatic heterocycles. The van der Waals surface area contributed by atoms with E-state index in [-0.39, 0.29) is 68.1 Å². The normalized spacial score (nSPS) is 9.69. The maximum absolute atomic E-state index is 10.5. The molecule has 0 atom stereocenters. The molecule has 0 saturated heterocycles. The van der Waals surface area contributed by atoms with Crippen LogP contribution in [0.1, 0.15) is 8.42 Å². The second-order valence-corrected chi connectivity index (χ2v) is 3.83. The fraction of sp³-hybridized carbons (Fsp3) is 0.167. The molecule has 0 amide bonds. The summed E-state index contributed by atoms with van der Waals surface area (Å²) in [5.41, 5.74) is 0.556. The van der Waals surface area contributed by atoms with Gasteiger partial charge >= 0.3 is 66.7 Å². The Morgan fingerprint density at radius 2 is 2.08 bits per heavy atom. The first-order valence-electron chi connectivity index (χ1n) is 3.01. The van der Waals surface area contributed by atoms with Gasteiger partial charge in [-0.3, -0.25) is 9.55 Å². The number of hydrogen-bond acceptors (Lipinski definition) is 2. The third-order valence-corrected chi connectivity index (χ3v) is 1.89. The van der Waals surface area contributed by atoms with Crippen LogP contribution in [0.5, 0.6) is 0 Å². The average Bonchev–Trinajstić information content (AvgIpc) is 1.85. The van der Waals surface area contributed by atoms with Gasteiger partial charge in [0.05, 0.1) is 6.16 Å². The van der Waals surface area contributed by atoms with Crippen molar-refractivity contribution in [3.63, 3.8) is 0 Å². The minimum Gasteiger partial charge on any atom is -1.00 e. The van der Waals surface area contributed by atoms with Gasteiger partial charge in [0.2, 0.25) is 0 Å². The van der Waals surface area contributed by atoms with Crippen molar-refractivity contribution in [1.82, 2.24) is 4.98 Å². The van der Waals surface area contributed by atoms with Crippen LogP contribution in [-0.2, 0) is 10.7 Å². The van der Waals surface area contributed by atoms with Gasteiger partial charge in [-0.15, -0.1) is 0 Å². The molecule has 0 unspecified atom stereocenters. The maximum Gasteiger partial charge on any atom is 1.00 e. The van der Waals surface area contributed by atoms with Crippen molar-refractivity contribution in [3.05, 3.63) is 30.1 Å². The minimum atomic E-state index is -3.93. The molecule has 0 aliphatic carbocycles. The molecule has 13 heavy (non-hydrogen) atoms. The summed E-state index contributed by atoms with van der Waals surface area (Å²) >= 11 is 0. The van der Waals surface area contributed by atoms with Gasteiger partial charge in [-0.25, -0.2) is 0 Å². The predicted molar refractivity (Wildman–Crippen MR) is 42.2 cm³/mol. The third kappa shape index (κ3) is 8.30. The summed E-state index contributed by atoms with van der Waals surface area (Å²) in [4.78, 5) is 20.8. The van der Waals surface area contributed by atoms with E-state index in [9.17, 15) is 4.57 Å². The smallest absolute Gasteiger partial charge is 1.00 e. The summed E-state index contributed by atoms with van der Waals surface area (Å²) in [6.07, 6.45) is 2.77. The molecule has 0 saturated carbocycles. The van der Waals surface area contributed by atoms with Crippen molar-refractivity contribution >= 4 is 7.60 Å². The van der Waals surface area contributed by atoms with E-state index in [1.807, 2.05) is 0 Å². The van der Waals surface area contributed by atoms with Crippen molar-refractivity contribution in [2.24, 2.45) is 0 Å². The van der Waals surface area contributed by atoms with Gasteiger partial charge in [0, 0.05) is 12.4 Å². The molecule has 1 aromatic rings. The molecule has 0 fully saturated rings. The van der Waals surface area contributed by atoms with Crippen LogP contribution in [0.2, 0.25) is 0 Å². The van der Waals surface area contributed by atoms with Crippen LogP contribution in [0.25, 0.3) is 0 Å². The second-order valence-electron chi connectivity index (χ2n) is 2.18. The van der Waals surface area contributed by atoms with E-state index in [0.717, 1.165) is 0 Å². The first-order chi connectivity index (χ1) is 5.08. The van der Waals surface area contributed by atoms with Crippen molar-refractivity contribution in [2.45, 2.75) is 6.16 Å². The molecule has 4 nitrogen and oxygen atoms in total. The van der Waals surface area contributed by atoms with Crippen LogP contribution >= 0.6 is 7.60 Å². The maximum atomic E-state index is 10.5. The van der Waals surface area contributed by atoms with Crippen molar-refractivity contribution in [1.29, 1.82) is 0 Å². The van der Waals surface area contributed by atoms with Crippen LogP contribution < -0.4 is 59.1 Å². The summed E-state index contributed by atoms with van der Waals surface area (Å²) in [5.74, 6) is 0. The summed E-state index contributed by atoms with van der Waals surface area (Å²) in [6.45, 7) is 0. The van der Waals surface area contributed by atoms with Crippen molar-refractivity contribution in [2.75, 3.05) is 0 Å². The van der Waals surface area contributed by atoms with E-state index < -0.39 is 7.60 Å². The predicted octanol–water partition coefficient (Wildman–Crippen LogP) is -5.01. The standard InChI is InChI=1S/C6H8NO3P.2Na.2H/c8-11(9,10)5-6-2-1-3-7-4-6;;;;/h1-4H,5H2,(H2,8,9,10);;;;/q;2*+1;2*-1. The van der Waals surface area contributed by atoms with E-state index in [2.05, 4.69) is 4.98 Å². The fourth-order valence-corrected chi connectivity index (χ4v) is 1.39. The van der Waals surface area contributed by atoms with Gasteiger partial charge in [0.1, 0.15) is 0 Å². The van der Waals surface area contributed by atoms with Crippen LogP contribution in [0.3, 0.4) is 0 Å². The largest absolute Gasteiger partial charge is 1.00 e. The summed E-state index contributed by atoms with van der Waals surface area (Å²) < 4.78 is 10.5. The Hall–Kier alpha value is 1.30. The first kappa shape index (κ1) is 16.7. The molecule has 0 spiro atoms. The molecule has 64 valence electrons. The zero-order valence-corrected chi connectivity index (χ0v) is 12.6. The summed E-state index contributed by atoms with van der Waals surface area (Å²) in [7, 11) is -3.93. The van der Waals surface area contributed by atoms with Crippen LogP contribution in [0.4, 0.5) is 0 Å². The Kier molecular flexibility index (Phi) is 9.74. The Morgan fingerprint density at radius 1 is 1.46 bits per heavy atom. The van der Waals surface area contributed by atoms with Crippen LogP contribution in [-0.4, -0.2) is 14.8 Å². The average molecular weight is 221 g/mol. The zero-order chi connectivity index (χ0) is 8.32. The number of rotatable bonds is 2. The molecule has 1 heterocycles. The number of nitrogens with zero attached hydrogens (tertiary/aromatic N) is 1. The van der Waals surface area contributed by atoms with E-state index >= 15 is 0 Å². The van der Waals surface area contributed by atoms with E-state index in [4.69, 9.17) is 9.79 Å². The molecular formula is C6H10NNa2O3P. The summed E-state index contributed by atoms with van der Waals surface area (Å²) in [5, 5.41) is 0. The van der Waals surface area contributed by atoms with E-state index in [0.29, 0.717) is 5.56 Å². The number of aromatic nitrogens is 1. The Labute approximate surface area is 124 Å². The van der Waals surface area contributed by atoms with Crippen molar-refractivity contribution < 1.29 is 76.3 Å². The van der Waals surface area contributed by atoms with Crippen LogP contribution in [0.15, 0.2) is 24.5 Å². The van der Waals surface area contributed by atoms with E-state index in [1.165, 1.54) is 6.20 Å². The topological polar surface area (TPSA) is 70.4 Å². The molecule has 1 rings (SSSR count). The molecule has 0 aromatic carbocycles. The zero-order valence-electron chi connectivity index (χ0n) is 9.71. The first-order valence-corrected chi connectivity index (χ1v) is 4.81. The molecule has 0 bridgehead atoms. The van der Waals surface area contributed by atoms with Gasteiger partial charge in [0.25, 0.3) is 0 Å². The van der Waals surface area contributed by atoms with Crippen molar-refractivity contribution in [3.8, 4) is 0 Å². The SMILES string of the molecule is O=P(O)(O)Cc1cccnc1.[H-].[H-].[Na+].[Na+]. The van der Waals surface area contributed by atoms with Gasteiger partial charge in [0.15, 0.2) is 0 Å². The van der Waals surface area contributed by atoms with Gasteiger partial charge in [-0.2, -0.15) is 0 Å². The quantitative estimate of drug-likeness (QED) is 0.387. The fourth-order valence-electron chi connectivity index (χ4n) is 0.729. The molecule has 0 radical (unpaired) electrons. The molecule has 2 N–H and O–H groups in total. The molecule has 0 aliphatic rings. The monoisotopic (exact) mass is 221 g/mol. The molecule has 7 heteroatoms. The minimum absolute atomic E-state index is 0. The number of hydrogen-bond donors (Lipinski definition) is 2. The Balaban J connectivity index is -0.000000151. The molecular weight excluding hydrogens is 211 g/mol. The molecule has 1 aromatic heterocycles. The third-order valence-electron chi connectivity index (χ3n) is 1.11.